The summed E-state index contributed by atoms with van der Waals surface area (Å²) in [6.45, 7) is 5.19. The van der Waals surface area contributed by atoms with Gasteiger partial charge in [-0.05, 0) is 52.7 Å². The molecular weight excluding hydrogens is 398 g/mol. The van der Waals surface area contributed by atoms with Crippen LogP contribution in [0.15, 0.2) is 59.8 Å². The lowest BCUT2D eigenvalue weighted by atomic mass is 10.2. The number of methoxy groups -OCH3 is 1. The summed E-state index contributed by atoms with van der Waals surface area (Å²) < 4.78 is 9.18. The molecule has 2 heterocycles. The van der Waals surface area contributed by atoms with Gasteiger partial charge in [0.1, 0.15) is 5.75 Å². The topological polar surface area (TPSA) is 83.5 Å². The van der Waals surface area contributed by atoms with Gasteiger partial charge < -0.3 is 9.30 Å². The van der Waals surface area contributed by atoms with Crippen LogP contribution in [0, 0.1) is 5.92 Å². The van der Waals surface area contributed by atoms with Gasteiger partial charge in [0, 0.05) is 12.1 Å². The molecule has 2 aromatic heterocycles. The van der Waals surface area contributed by atoms with Gasteiger partial charge in [-0.2, -0.15) is 4.68 Å². The van der Waals surface area contributed by atoms with E-state index in [9.17, 15) is 0 Å². The van der Waals surface area contributed by atoms with E-state index < -0.39 is 0 Å². The van der Waals surface area contributed by atoms with E-state index in [1.54, 1.807) is 23.6 Å². The van der Waals surface area contributed by atoms with Gasteiger partial charge in [-0.15, -0.1) is 15.3 Å². The van der Waals surface area contributed by atoms with Crippen molar-refractivity contribution in [3.63, 3.8) is 0 Å². The molecule has 0 N–H and O–H groups in total. The Kier molecular flexibility index (Phi) is 6.08. The Labute approximate surface area is 179 Å². The summed E-state index contributed by atoms with van der Waals surface area (Å²) in [5, 5.41) is 21.9. The van der Waals surface area contributed by atoms with Gasteiger partial charge in [0.05, 0.1) is 18.6 Å². The second-order valence-corrected chi connectivity index (χ2v) is 8.11. The van der Waals surface area contributed by atoms with Gasteiger partial charge in [0.2, 0.25) is 0 Å². The summed E-state index contributed by atoms with van der Waals surface area (Å²) in [7, 11) is 1.66. The van der Waals surface area contributed by atoms with Gasteiger partial charge >= 0.3 is 0 Å². The van der Waals surface area contributed by atoms with Crippen molar-refractivity contribution in [2.45, 2.75) is 31.3 Å². The number of para-hydroxylation sites is 1. The molecule has 0 saturated heterocycles. The Morgan fingerprint density at radius 2 is 1.73 bits per heavy atom. The molecule has 0 aliphatic carbocycles. The van der Waals surface area contributed by atoms with Crippen LogP contribution in [0.25, 0.3) is 17.1 Å². The van der Waals surface area contributed by atoms with E-state index in [1.165, 1.54) is 0 Å². The van der Waals surface area contributed by atoms with Crippen molar-refractivity contribution in [2.24, 2.45) is 5.92 Å². The Bertz CT molecular complexity index is 1090. The van der Waals surface area contributed by atoms with Crippen LogP contribution >= 0.6 is 11.8 Å². The predicted molar refractivity (Wildman–Crippen MR) is 116 cm³/mol. The van der Waals surface area contributed by atoms with E-state index in [1.807, 2.05) is 54.6 Å². The minimum Gasteiger partial charge on any atom is -0.497 e. The van der Waals surface area contributed by atoms with E-state index in [0.717, 1.165) is 40.4 Å². The molecule has 0 fully saturated rings. The van der Waals surface area contributed by atoms with Crippen LogP contribution in [0.2, 0.25) is 0 Å². The van der Waals surface area contributed by atoms with E-state index in [2.05, 4.69) is 44.1 Å². The first kappa shape index (κ1) is 20.1. The molecule has 4 rings (SSSR count). The maximum atomic E-state index is 5.26. The highest BCUT2D eigenvalue weighted by molar-refractivity contribution is 7.98. The first-order chi connectivity index (χ1) is 14.7. The molecule has 0 aliphatic rings. The highest BCUT2D eigenvalue weighted by Crippen LogP contribution is 2.28. The predicted octanol–water partition coefficient (Wildman–Crippen LogP) is 3.88. The van der Waals surface area contributed by atoms with Gasteiger partial charge in [0.15, 0.2) is 16.8 Å². The second kappa shape index (κ2) is 9.08. The van der Waals surface area contributed by atoms with Crippen molar-refractivity contribution in [3.05, 3.63) is 60.4 Å². The third-order valence-electron chi connectivity index (χ3n) is 4.48. The van der Waals surface area contributed by atoms with E-state index in [-0.39, 0.29) is 0 Å². The average molecular weight is 422 g/mol. The highest BCUT2D eigenvalue weighted by Gasteiger charge is 2.17. The number of thioether (sulfide) groups is 1. The normalized spacial score (nSPS) is 11.2. The fourth-order valence-electron chi connectivity index (χ4n) is 3.07. The molecular formula is C21H23N7OS. The SMILES string of the molecule is COc1ccc(-c2nnc(SCc3nnnn3-c3ccccc3)n2CC(C)C)cc1. The fourth-order valence-corrected chi connectivity index (χ4v) is 3.93. The van der Waals surface area contributed by atoms with Crippen LogP contribution in [0.4, 0.5) is 0 Å². The monoisotopic (exact) mass is 421 g/mol. The van der Waals surface area contributed by atoms with E-state index in [0.29, 0.717) is 11.7 Å². The van der Waals surface area contributed by atoms with Crippen LogP contribution in [-0.4, -0.2) is 42.1 Å². The zero-order valence-corrected chi connectivity index (χ0v) is 18.0. The van der Waals surface area contributed by atoms with Crippen LogP contribution in [-0.2, 0) is 12.3 Å². The van der Waals surface area contributed by atoms with E-state index >= 15 is 0 Å². The zero-order valence-electron chi connectivity index (χ0n) is 17.1. The lowest BCUT2D eigenvalue weighted by molar-refractivity contribution is 0.415. The Morgan fingerprint density at radius 3 is 2.43 bits per heavy atom. The Morgan fingerprint density at radius 1 is 0.967 bits per heavy atom. The summed E-state index contributed by atoms with van der Waals surface area (Å²) in [5.41, 5.74) is 1.94. The van der Waals surface area contributed by atoms with Crippen molar-refractivity contribution >= 4 is 11.8 Å². The first-order valence-corrected chi connectivity index (χ1v) is 10.7. The van der Waals surface area contributed by atoms with Crippen LogP contribution in [0.5, 0.6) is 5.75 Å². The number of hydrogen-bond donors (Lipinski definition) is 0. The van der Waals surface area contributed by atoms with Crippen molar-refractivity contribution in [1.82, 2.24) is 35.0 Å². The van der Waals surface area contributed by atoms with Crippen molar-refractivity contribution in [3.8, 4) is 22.8 Å². The third kappa shape index (κ3) is 4.35. The lowest BCUT2D eigenvalue weighted by Gasteiger charge is -2.12. The lowest BCUT2D eigenvalue weighted by Crippen LogP contribution is -2.08. The maximum absolute atomic E-state index is 5.26. The first-order valence-electron chi connectivity index (χ1n) is 9.69. The van der Waals surface area contributed by atoms with Gasteiger partial charge in [0.25, 0.3) is 0 Å². The minimum absolute atomic E-state index is 0.451. The quantitative estimate of drug-likeness (QED) is 0.399. The molecule has 0 unspecified atom stereocenters. The molecule has 2 aromatic carbocycles. The smallest absolute Gasteiger partial charge is 0.191 e. The fraction of sp³-hybridized carbons (Fsp3) is 0.286. The molecule has 154 valence electrons. The van der Waals surface area contributed by atoms with Crippen molar-refractivity contribution in [2.75, 3.05) is 7.11 Å². The maximum Gasteiger partial charge on any atom is 0.191 e. The number of nitrogens with zero attached hydrogens (tertiary/aromatic N) is 7. The average Bonchev–Trinajstić information content (AvgIpc) is 3.39. The molecule has 0 aliphatic heterocycles. The molecule has 0 atom stereocenters. The van der Waals surface area contributed by atoms with Crippen molar-refractivity contribution < 1.29 is 4.74 Å². The van der Waals surface area contributed by atoms with Crippen molar-refractivity contribution in [1.29, 1.82) is 0 Å². The summed E-state index contributed by atoms with van der Waals surface area (Å²) >= 11 is 1.58. The molecule has 30 heavy (non-hydrogen) atoms. The third-order valence-corrected chi connectivity index (χ3v) is 5.44. The number of rotatable bonds is 8. The largest absolute Gasteiger partial charge is 0.497 e. The molecule has 0 amide bonds. The summed E-state index contributed by atoms with van der Waals surface area (Å²) in [4.78, 5) is 0. The summed E-state index contributed by atoms with van der Waals surface area (Å²) in [5.74, 6) is 3.46. The Balaban J connectivity index is 1.59. The Hall–Kier alpha value is -3.20. The second-order valence-electron chi connectivity index (χ2n) is 7.17. The van der Waals surface area contributed by atoms with E-state index in [4.69, 9.17) is 4.74 Å². The zero-order chi connectivity index (χ0) is 20.9. The van der Waals surface area contributed by atoms with Crippen LogP contribution < -0.4 is 4.74 Å². The molecule has 0 radical (unpaired) electrons. The molecule has 0 bridgehead atoms. The molecule has 0 saturated carbocycles. The van der Waals surface area contributed by atoms with Gasteiger partial charge in [-0.3, -0.25) is 0 Å². The molecule has 8 nitrogen and oxygen atoms in total. The summed E-state index contributed by atoms with van der Waals surface area (Å²) in [6, 6.07) is 17.7. The number of ether oxygens (including phenoxy) is 1. The standard InChI is InChI=1S/C21H23N7OS/c1-15(2)13-27-20(16-9-11-18(29-3)12-10-16)23-24-21(27)30-14-19-22-25-26-28(19)17-7-5-4-6-8-17/h4-12,15H,13-14H2,1-3H3. The van der Waals surface area contributed by atoms with Crippen LogP contribution in [0.3, 0.4) is 0 Å². The summed E-state index contributed by atoms with van der Waals surface area (Å²) in [6.07, 6.45) is 0. The highest BCUT2D eigenvalue weighted by atomic mass is 32.2. The number of hydrogen-bond acceptors (Lipinski definition) is 7. The number of tetrazole rings is 1. The molecule has 4 aromatic rings. The number of benzene rings is 2. The number of aromatic nitrogens is 7. The van der Waals surface area contributed by atoms with Gasteiger partial charge in [-0.1, -0.05) is 43.8 Å². The molecule has 0 spiro atoms. The molecule has 9 heteroatoms. The van der Waals surface area contributed by atoms with Crippen LogP contribution in [0.1, 0.15) is 19.7 Å². The van der Waals surface area contributed by atoms with Gasteiger partial charge in [-0.25, -0.2) is 0 Å². The minimum atomic E-state index is 0.451.